The number of nitro groups is 1. The average Bonchev–Trinajstić information content (AvgIpc) is 2.62. The fourth-order valence-electron chi connectivity index (χ4n) is 1.55. The van der Waals surface area contributed by atoms with Crippen molar-refractivity contribution < 1.29 is 19.2 Å². The molecule has 1 saturated heterocycles. The molecule has 1 aliphatic rings. The van der Waals surface area contributed by atoms with E-state index in [-0.39, 0.29) is 22.4 Å². The van der Waals surface area contributed by atoms with Crippen molar-refractivity contribution >= 4 is 34.9 Å². The van der Waals surface area contributed by atoms with Gasteiger partial charge in [0.2, 0.25) is 5.75 Å². The highest BCUT2D eigenvalue weighted by atomic mass is 35.5. The number of hydrogen-bond acceptors (Lipinski definition) is 5. The summed E-state index contributed by atoms with van der Waals surface area (Å²) in [4.78, 5) is 21.5. The van der Waals surface area contributed by atoms with Gasteiger partial charge in [0.05, 0.1) is 11.5 Å². The molecule has 1 fully saturated rings. The second-order valence-electron chi connectivity index (χ2n) is 3.55. The SMILES string of the molecule is O=C1OCCC1Oc1cc(Cl)cc(Cl)c1[N+](=O)[O-]. The van der Waals surface area contributed by atoms with Crippen molar-refractivity contribution in [2.24, 2.45) is 0 Å². The van der Waals surface area contributed by atoms with E-state index in [9.17, 15) is 14.9 Å². The first-order valence-corrected chi connectivity index (χ1v) is 5.71. The summed E-state index contributed by atoms with van der Waals surface area (Å²) >= 11 is 11.5. The Morgan fingerprint density at radius 1 is 1.44 bits per heavy atom. The van der Waals surface area contributed by atoms with Gasteiger partial charge in [0.15, 0.2) is 6.10 Å². The predicted molar refractivity (Wildman–Crippen MR) is 63.1 cm³/mol. The van der Waals surface area contributed by atoms with Crippen LogP contribution in [0.4, 0.5) is 5.69 Å². The van der Waals surface area contributed by atoms with E-state index in [0.717, 1.165) is 0 Å². The maximum atomic E-state index is 11.2. The van der Waals surface area contributed by atoms with Gasteiger partial charge in [0.1, 0.15) is 5.02 Å². The molecule has 6 nitrogen and oxygen atoms in total. The summed E-state index contributed by atoms with van der Waals surface area (Å²) < 4.78 is 9.96. The van der Waals surface area contributed by atoms with Crippen molar-refractivity contribution in [3.8, 4) is 5.75 Å². The van der Waals surface area contributed by atoms with Gasteiger partial charge in [-0.2, -0.15) is 0 Å². The lowest BCUT2D eigenvalue weighted by molar-refractivity contribution is -0.385. The molecule has 0 radical (unpaired) electrons. The van der Waals surface area contributed by atoms with Gasteiger partial charge in [-0.1, -0.05) is 23.2 Å². The Morgan fingerprint density at radius 2 is 2.17 bits per heavy atom. The molecule has 0 aliphatic carbocycles. The number of cyclic esters (lactones) is 1. The summed E-state index contributed by atoms with van der Waals surface area (Å²) in [5.41, 5.74) is -0.416. The van der Waals surface area contributed by atoms with Crippen molar-refractivity contribution in [3.63, 3.8) is 0 Å². The molecular formula is C10H7Cl2NO5. The van der Waals surface area contributed by atoms with Crippen LogP contribution in [0.25, 0.3) is 0 Å². The van der Waals surface area contributed by atoms with E-state index in [1.807, 2.05) is 0 Å². The van der Waals surface area contributed by atoms with Gasteiger partial charge in [0.25, 0.3) is 0 Å². The minimum Gasteiger partial charge on any atom is -0.471 e. The predicted octanol–water partition coefficient (Wildman–Crippen LogP) is 2.60. The second kappa shape index (κ2) is 4.99. The first-order valence-electron chi connectivity index (χ1n) is 4.96. The number of nitrogens with zero attached hydrogens (tertiary/aromatic N) is 1. The third-order valence-corrected chi connectivity index (χ3v) is 2.84. The van der Waals surface area contributed by atoms with Crippen LogP contribution in [0.15, 0.2) is 12.1 Å². The van der Waals surface area contributed by atoms with Crippen LogP contribution in [0.2, 0.25) is 10.0 Å². The molecule has 1 aromatic rings. The fraction of sp³-hybridized carbons (Fsp3) is 0.300. The van der Waals surface area contributed by atoms with Crippen molar-refractivity contribution in [2.75, 3.05) is 6.61 Å². The number of hydrogen-bond donors (Lipinski definition) is 0. The molecule has 0 saturated carbocycles. The first-order chi connectivity index (χ1) is 8.49. The second-order valence-corrected chi connectivity index (χ2v) is 4.40. The van der Waals surface area contributed by atoms with Gasteiger partial charge < -0.3 is 9.47 Å². The lowest BCUT2D eigenvalue weighted by atomic mass is 10.2. The Labute approximate surface area is 112 Å². The van der Waals surface area contributed by atoms with Crippen LogP contribution in [-0.4, -0.2) is 23.6 Å². The van der Waals surface area contributed by atoms with Crippen LogP contribution in [-0.2, 0) is 9.53 Å². The zero-order chi connectivity index (χ0) is 13.3. The lowest BCUT2D eigenvalue weighted by Crippen LogP contribution is -2.22. The molecule has 2 rings (SSSR count). The number of nitro benzene ring substituents is 1. The molecule has 1 aromatic carbocycles. The van der Waals surface area contributed by atoms with Gasteiger partial charge in [-0.05, 0) is 6.07 Å². The van der Waals surface area contributed by atoms with Crippen molar-refractivity contribution in [1.29, 1.82) is 0 Å². The average molecular weight is 292 g/mol. The highest BCUT2D eigenvalue weighted by Crippen LogP contribution is 2.38. The quantitative estimate of drug-likeness (QED) is 0.486. The number of benzene rings is 1. The van der Waals surface area contributed by atoms with E-state index in [4.69, 9.17) is 32.7 Å². The van der Waals surface area contributed by atoms with Crippen LogP contribution in [0.5, 0.6) is 5.75 Å². The molecule has 1 atom stereocenters. The maximum absolute atomic E-state index is 11.2. The van der Waals surface area contributed by atoms with E-state index in [2.05, 4.69) is 0 Å². The van der Waals surface area contributed by atoms with E-state index >= 15 is 0 Å². The van der Waals surface area contributed by atoms with Gasteiger partial charge in [-0.25, -0.2) is 4.79 Å². The van der Waals surface area contributed by atoms with Gasteiger partial charge in [0, 0.05) is 17.5 Å². The molecule has 0 bridgehead atoms. The van der Waals surface area contributed by atoms with Crippen LogP contribution < -0.4 is 4.74 Å². The standard InChI is InChI=1S/C10H7Cl2NO5/c11-5-3-6(12)9(13(15)16)8(4-5)18-7-1-2-17-10(7)14/h3-4,7H,1-2H2. The minimum atomic E-state index is -0.863. The van der Waals surface area contributed by atoms with Crippen LogP contribution in [0.1, 0.15) is 6.42 Å². The number of carbonyl (C=O) groups is 1. The van der Waals surface area contributed by atoms with Crippen LogP contribution in [0, 0.1) is 10.1 Å². The number of esters is 1. The summed E-state index contributed by atoms with van der Waals surface area (Å²) in [6.45, 7) is 0.228. The van der Waals surface area contributed by atoms with Gasteiger partial charge in [-0.15, -0.1) is 0 Å². The molecule has 1 aliphatic heterocycles. The third kappa shape index (κ3) is 2.49. The number of rotatable bonds is 3. The third-order valence-electron chi connectivity index (χ3n) is 2.33. The summed E-state index contributed by atoms with van der Waals surface area (Å²) in [5, 5.41) is 10.9. The van der Waals surface area contributed by atoms with E-state index < -0.39 is 22.7 Å². The summed E-state index contributed by atoms with van der Waals surface area (Å²) in [6.07, 6.45) is -0.529. The molecule has 0 N–H and O–H groups in total. The number of halogens is 2. The smallest absolute Gasteiger partial charge is 0.347 e. The van der Waals surface area contributed by atoms with Gasteiger partial charge in [-0.3, -0.25) is 10.1 Å². The molecule has 1 heterocycles. The van der Waals surface area contributed by atoms with Crippen LogP contribution >= 0.6 is 23.2 Å². The molecule has 96 valence electrons. The molecule has 18 heavy (non-hydrogen) atoms. The molecule has 0 amide bonds. The van der Waals surface area contributed by atoms with E-state index in [0.29, 0.717) is 6.42 Å². The molecule has 0 aromatic heterocycles. The largest absolute Gasteiger partial charge is 0.471 e. The minimum absolute atomic E-state index is 0.138. The molecule has 0 spiro atoms. The number of carbonyl (C=O) groups excluding carboxylic acids is 1. The van der Waals surface area contributed by atoms with Crippen molar-refractivity contribution in [1.82, 2.24) is 0 Å². The molecular weight excluding hydrogens is 285 g/mol. The lowest BCUT2D eigenvalue weighted by Gasteiger charge is -2.11. The van der Waals surface area contributed by atoms with E-state index in [1.54, 1.807) is 0 Å². The number of ether oxygens (including phenoxy) is 2. The highest BCUT2D eigenvalue weighted by molar-refractivity contribution is 6.36. The maximum Gasteiger partial charge on any atom is 0.347 e. The Bertz CT molecular complexity index is 519. The Kier molecular flexibility index (Phi) is 3.58. The fourth-order valence-corrected chi connectivity index (χ4v) is 2.09. The van der Waals surface area contributed by atoms with Crippen molar-refractivity contribution in [2.45, 2.75) is 12.5 Å². The Morgan fingerprint density at radius 3 is 2.72 bits per heavy atom. The summed E-state index contributed by atoms with van der Waals surface area (Å²) in [5.74, 6) is -0.693. The topological polar surface area (TPSA) is 78.7 Å². The van der Waals surface area contributed by atoms with Crippen LogP contribution in [0.3, 0.4) is 0 Å². The molecule has 8 heteroatoms. The normalized spacial score (nSPS) is 18.6. The zero-order valence-electron chi connectivity index (χ0n) is 8.89. The highest BCUT2D eigenvalue weighted by Gasteiger charge is 2.32. The summed E-state index contributed by atoms with van der Waals surface area (Å²) in [7, 11) is 0. The Balaban J connectivity index is 2.36. The molecule has 1 unspecified atom stereocenters. The van der Waals surface area contributed by atoms with E-state index in [1.165, 1.54) is 12.1 Å². The van der Waals surface area contributed by atoms with Gasteiger partial charge >= 0.3 is 11.7 Å². The van der Waals surface area contributed by atoms with Crippen molar-refractivity contribution in [3.05, 3.63) is 32.3 Å². The first kappa shape index (κ1) is 12.9. The Hall–Kier alpha value is -1.53. The zero-order valence-corrected chi connectivity index (χ0v) is 10.4. The summed E-state index contributed by atoms with van der Waals surface area (Å²) in [6, 6.07) is 2.48. The monoisotopic (exact) mass is 291 g/mol.